The Balaban J connectivity index is 2.61. The molecule has 2 aliphatic carbocycles. The van der Waals surface area contributed by atoms with E-state index in [9.17, 15) is 9.18 Å². The van der Waals surface area contributed by atoms with Crippen molar-refractivity contribution in [1.29, 1.82) is 0 Å². The molecule has 0 heterocycles. The number of hydrogen-bond donors (Lipinski definition) is 1. The lowest BCUT2D eigenvalue weighted by Crippen LogP contribution is -2.32. The van der Waals surface area contributed by atoms with E-state index in [4.69, 9.17) is 5.11 Å². The molecule has 0 aromatic carbocycles. The number of carbonyl (C=O) groups is 1. The molecule has 0 aliphatic heterocycles. The van der Waals surface area contributed by atoms with Crippen molar-refractivity contribution in [3.05, 3.63) is 11.6 Å². The molecule has 0 aromatic rings. The Hall–Kier alpha value is -0.860. The van der Waals surface area contributed by atoms with Crippen LogP contribution < -0.4 is 0 Å². The van der Waals surface area contributed by atoms with Crippen LogP contribution in [-0.2, 0) is 4.79 Å². The van der Waals surface area contributed by atoms with Gasteiger partial charge in [0, 0.05) is 5.41 Å². The lowest BCUT2D eigenvalue weighted by atomic mass is 9.70. The monoisotopic (exact) mass is 198 g/mol. The molecule has 0 aromatic heterocycles. The summed E-state index contributed by atoms with van der Waals surface area (Å²) in [5.41, 5.74) is -0.671. The second-order valence-electron chi connectivity index (χ2n) is 5.18. The fourth-order valence-electron chi connectivity index (χ4n) is 3.10. The second kappa shape index (κ2) is 2.38. The van der Waals surface area contributed by atoms with Crippen molar-refractivity contribution in [2.24, 2.45) is 16.7 Å². The quantitative estimate of drug-likeness (QED) is 0.480. The highest BCUT2D eigenvalue weighted by atomic mass is 19.1. The number of hydrogen-bond acceptors (Lipinski definition) is 2. The topological polar surface area (TPSA) is 37.3 Å². The smallest absolute Gasteiger partial charge is 0.277 e. The first-order valence-electron chi connectivity index (χ1n) is 4.96. The van der Waals surface area contributed by atoms with Crippen molar-refractivity contribution in [2.45, 2.75) is 33.6 Å². The van der Waals surface area contributed by atoms with Gasteiger partial charge in [-0.15, -0.1) is 0 Å². The maximum Gasteiger partial charge on any atom is 0.277 e. The Kier molecular flexibility index (Phi) is 1.65. The van der Waals surface area contributed by atoms with Crippen LogP contribution in [0.3, 0.4) is 0 Å². The van der Waals surface area contributed by atoms with Crippen LogP contribution in [0, 0.1) is 16.7 Å². The van der Waals surface area contributed by atoms with Crippen LogP contribution in [0.15, 0.2) is 11.6 Å². The number of aliphatic hydroxyl groups is 1. The summed E-state index contributed by atoms with van der Waals surface area (Å²) in [4.78, 5) is 11.9. The summed E-state index contributed by atoms with van der Waals surface area (Å²) in [6.07, 6.45) is 1.61. The SMILES string of the molecule is CC12CCC(/C(=C(/O)F)C1=O)C2(C)C. The predicted molar refractivity (Wildman–Crippen MR) is 50.4 cm³/mol. The van der Waals surface area contributed by atoms with Crippen LogP contribution in [0.25, 0.3) is 0 Å². The summed E-state index contributed by atoms with van der Waals surface area (Å²) in [6, 6.07) is -1.27. The van der Waals surface area contributed by atoms with E-state index in [0.717, 1.165) is 12.8 Å². The summed E-state index contributed by atoms with van der Waals surface area (Å²) in [5, 5.41) is 8.88. The third kappa shape index (κ3) is 0.787. The molecule has 2 unspecified atom stereocenters. The molecule has 78 valence electrons. The number of allylic oxidation sites excluding steroid dienone is 1. The maximum absolute atomic E-state index is 12.8. The summed E-state index contributed by atoms with van der Waals surface area (Å²) < 4.78 is 12.8. The van der Waals surface area contributed by atoms with Crippen LogP contribution in [0.1, 0.15) is 33.6 Å². The zero-order valence-corrected chi connectivity index (χ0v) is 8.72. The van der Waals surface area contributed by atoms with Gasteiger partial charge in [-0.3, -0.25) is 4.79 Å². The molecular weight excluding hydrogens is 183 g/mol. The molecule has 2 saturated carbocycles. The molecule has 14 heavy (non-hydrogen) atoms. The van der Waals surface area contributed by atoms with Crippen LogP contribution in [0.5, 0.6) is 0 Å². The van der Waals surface area contributed by atoms with Crippen LogP contribution in [0.2, 0.25) is 0 Å². The van der Waals surface area contributed by atoms with Crippen molar-refractivity contribution in [2.75, 3.05) is 0 Å². The average Bonchev–Trinajstić information content (AvgIpc) is 2.35. The van der Waals surface area contributed by atoms with E-state index in [1.54, 1.807) is 0 Å². The Labute approximate surface area is 82.8 Å². The van der Waals surface area contributed by atoms with Gasteiger partial charge in [0.05, 0.1) is 5.57 Å². The Morgan fingerprint density at radius 3 is 2.36 bits per heavy atom. The summed E-state index contributed by atoms with van der Waals surface area (Å²) in [6.45, 7) is 5.85. The number of carbonyl (C=O) groups excluding carboxylic acids is 1. The van der Waals surface area contributed by atoms with Crippen LogP contribution in [-0.4, -0.2) is 10.9 Å². The zero-order chi connectivity index (χ0) is 10.7. The highest BCUT2D eigenvalue weighted by Gasteiger charge is 2.65. The standard InChI is InChI=1S/C11H15FO2/c1-10(2)6-4-5-11(10,3)8(13)7(6)9(12)14/h6,14H,4-5H2,1-3H3/b9-7-. The molecule has 0 amide bonds. The molecule has 0 saturated heterocycles. The highest BCUT2D eigenvalue weighted by Crippen LogP contribution is 2.65. The van der Waals surface area contributed by atoms with Gasteiger partial charge in [0.15, 0.2) is 5.78 Å². The number of halogens is 1. The summed E-state index contributed by atoms with van der Waals surface area (Å²) in [5.74, 6) is -0.302. The van der Waals surface area contributed by atoms with Crippen molar-refractivity contribution in [3.8, 4) is 0 Å². The van der Waals surface area contributed by atoms with Gasteiger partial charge in [-0.2, -0.15) is 4.39 Å². The first-order chi connectivity index (χ1) is 6.32. The second-order valence-corrected chi connectivity index (χ2v) is 5.18. The lowest BCUT2D eigenvalue weighted by molar-refractivity contribution is -0.125. The van der Waals surface area contributed by atoms with E-state index in [1.807, 2.05) is 20.8 Å². The zero-order valence-electron chi connectivity index (χ0n) is 8.72. The third-order valence-corrected chi connectivity index (χ3v) is 4.54. The maximum atomic E-state index is 12.8. The van der Waals surface area contributed by atoms with E-state index < -0.39 is 11.4 Å². The Morgan fingerprint density at radius 1 is 1.50 bits per heavy atom. The molecule has 2 aliphatic rings. The highest BCUT2D eigenvalue weighted by molar-refractivity contribution is 6.04. The Bertz CT molecular complexity index is 339. The van der Waals surface area contributed by atoms with E-state index in [1.165, 1.54) is 0 Å². The molecular formula is C11H15FO2. The van der Waals surface area contributed by atoms with E-state index in [2.05, 4.69) is 0 Å². The molecule has 2 bridgehead atoms. The summed E-state index contributed by atoms with van der Waals surface area (Å²) in [7, 11) is 0. The number of Topliss-reactive ketones (excluding diaryl/α,β-unsaturated/α-hetero) is 1. The van der Waals surface area contributed by atoms with Crippen LogP contribution >= 0.6 is 0 Å². The summed E-state index contributed by atoms with van der Waals surface area (Å²) >= 11 is 0. The van der Waals surface area contributed by atoms with Gasteiger partial charge in [-0.05, 0) is 24.2 Å². The van der Waals surface area contributed by atoms with Gasteiger partial charge in [0.2, 0.25) is 0 Å². The van der Waals surface area contributed by atoms with Gasteiger partial charge in [0.25, 0.3) is 6.01 Å². The minimum Gasteiger partial charge on any atom is -0.486 e. The van der Waals surface area contributed by atoms with E-state index >= 15 is 0 Å². The Morgan fingerprint density at radius 2 is 2.07 bits per heavy atom. The lowest BCUT2D eigenvalue weighted by Gasteiger charge is -2.31. The van der Waals surface area contributed by atoms with Gasteiger partial charge >= 0.3 is 0 Å². The minimum absolute atomic E-state index is 0.0313. The largest absolute Gasteiger partial charge is 0.486 e. The number of aliphatic hydroxyl groups excluding tert-OH is 1. The van der Waals surface area contributed by atoms with Crippen molar-refractivity contribution in [1.82, 2.24) is 0 Å². The molecule has 1 N–H and O–H groups in total. The van der Waals surface area contributed by atoms with Gasteiger partial charge in [-0.1, -0.05) is 20.8 Å². The van der Waals surface area contributed by atoms with E-state index in [0.29, 0.717) is 0 Å². The molecule has 2 nitrogen and oxygen atoms in total. The van der Waals surface area contributed by atoms with Crippen molar-refractivity contribution < 1.29 is 14.3 Å². The van der Waals surface area contributed by atoms with Crippen molar-refractivity contribution >= 4 is 5.78 Å². The van der Waals surface area contributed by atoms with Crippen LogP contribution in [0.4, 0.5) is 4.39 Å². The van der Waals surface area contributed by atoms with Gasteiger partial charge in [0.1, 0.15) is 0 Å². The number of rotatable bonds is 0. The molecule has 2 fully saturated rings. The molecule has 0 radical (unpaired) electrons. The first-order valence-corrected chi connectivity index (χ1v) is 4.96. The minimum atomic E-state index is -1.27. The van der Waals surface area contributed by atoms with E-state index in [-0.39, 0.29) is 22.7 Å². The van der Waals surface area contributed by atoms with Gasteiger partial charge < -0.3 is 5.11 Å². The first kappa shape index (κ1) is 9.69. The molecule has 2 atom stereocenters. The fourth-order valence-corrected chi connectivity index (χ4v) is 3.10. The molecule has 2 rings (SSSR count). The molecule has 3 heteroatoms. The fraction of sp³-hybridized carbons (Fsp3) is 0.727. The predicted octanol–water partition coefficient (Wildman–Crippen LogP) is 2.75. The van der Waals surface area contributed by atoms with Gasteiger partial charge in [-0.25, -0.2) is 0 Å². The number of fused-ring (bicyclic) bond motifs is 2. The molecule has 0 spiro atoms. The van der Waals surface area contributed by atoms with Crippen molar-refractivity contribution in [3.63, 3.8) is 0 Å². The normalized spacial score (nSPS) is 43.1. The average molecular weight is 198 g/mol. The number of ketones is 1. The third-order valence-electron chi connectivity index (χ3n) is 4.54.